The minimum absolute atomic E-state index is 0.282. The molecule has 2 atom stereocenters. The van der Waals surface area contributed by atoms with Crippen LogP contribution < -0.4 is 10.2 Å². The molecule has 124 valence electrons. The Morgan fingerprint density at radius 2 is 2.30 bits per heavy atom. The van der Waals surface area contributed by atoms with E-state index in [1.807, 2.05) is 6.20 Å². The van der Waals surface area contributed by atoms with Gasteiger partial charge < -0.3 is 15.0 Å². The number of aromatic nitrogens is 1. The first-order chi connectivity index (χ1) is 11.2. The first kappa shape index (κ1) is 16.4. The third kappa shape index (κ3) is 4.77. The smallest absolute Gasteiger partial charge is 0.128 e. The maximum absolute atomic E-state index is 5.58. The summed E-state index contributed by atoms with van der Waals surface area (Å²) in [5.41, 5.74) is 2.64. The average molecular weight is 331 g/mol. The van der Waals surface area contributed by atoms with E-state index in [1.54, 1.807) is 11.3 Å². The van der Waals surface area contributed by atoms with Crippen LogP contribution in [0.1, 0.15) is 25.0 Å². The predicted octanol–water partition coefficient (Wildman–Crippen LogP) is 3.09. The molecule has 5 heteroatoms. The number of pyridine rings is 1. The largest absolute Gasteiger partial charge is 0.375 e. The molecule has 0 radical (unpaired) electrons. The van der Waals surface area contributed by atoms with Crippen LogP contribution in [0.25, 0.3) is 0 Å². The second-order valence-electron chi connectivity index (χ2n) is 6.27. The van der Waals surface area contributed by atoms with E-state index >= 15 is 0 Å². The Hall–Kier alpha value is -1.43. The highest BCUT2D eigenvalue weighted by Gasteiger charge is 2.17. The van der Waals surface area contributed by atoms with Crippen molar-refractivity contribution in [2.75, 3.05) is 24.6 Å². The van der Waals surface area contributed by atoms with E-state index in [1.165, 1.54) is 11.1 Å². The zero-order valence-corrected chi connectivity index (χ0v) is 14.7. The molecule has 0 unspecified atom stereocenters. The standard InChI is InChI=1S/C18H25N3OS/c1-14(9-16-5-8-23-13-16)19-10-17-3-4-18(20-11-17)21-6-7-22-15(2)12-21/h3-5,8,11,13-15,19H,6-7,9-10,12H2,1-2H3/t14-,15-/m0/s1. The molecule has 1 fully saturated rings. The third-order valence-corrected chi connectivity index (χ3v) is 4.88. The molecule has 1 aliphatic heterocycles. The fourth-order valence-corrected chi connectivity index (χ4v) is 3.54. The van der Waals surface area contributed by atoms with E-state index in [0.29, 0.717) is 6.04 Å². The van der Waals surface area contributed by atoms with Crippen molar-refractivity contribution >= 4 is 17.2 Å². The number of nitrogens with zero attached hydrogens (tertiary/aromatic N) is 2. The molecule has 1 N–H and O–H groups in total. The maximum atomic E-state index is 5.58. The van der Waals surface area contributed by atoms with Gasteiger partial charge in [-0.3, -0.25) is 0 Å². The molecule has 0 amide bonds. The number of nitrogens with one attached hydrogen (secondary N) is 1. The Bertz CT molecular complexity index is 585. The highest BCUT2D eigenvalue weighted by atomic mass is 32.1. The molecule has 0 saturated carbocycles. The Kier molecular flexibility index (Phi) is 5.65. The zero-order valence-electron chi connectivity index (χ0n) is 13.9. The van der Waals surface area contributed by atoms with Gasteiger partial charge in [-0.15, -0.1) is 0 Å². The summed E-state index contributed by atoms with van der Waals surface area (Å²) in [6, 6.07) is 6.96. The highest BCUT2D eigenvalue weighted by Crippen LogP contribution is 2.15. The third-order valence-electron chi connectivity index (χ3n) is 4.15. The molecule has 3 rings (SSSR count). The number of anilines is 1. The van der Waals surface area contributed by atoms with Gasteiger partial charge in [0.05, 0.1) is 12.7 Å². The number of hydrogen-bond donors (Lipinski definition) is 1. The Morgan fingerprint density at radius 1 is 1.39 bits per heavy atom. The number of ether oxygens (including phenoxy) is 1. The summed E-state index contributed by atoms with van der Waals surface area (Å²) >= 11 is 1.76. The fourth-order valence-electron chi connectivity index (χ4n) is 2.86. The molecule has 1 aliphatic rings. The topological polar surface area (TPSA) is 37.4 Å². The van der Waals surface area contributed by atoms with Crippen LogP contribution in [-0.2, 0) is 17.7 Å². The summed E-state index contributed by atoms with van der Waals surface area (Å²) in [5.74, 6) is 1.05. The lowest BCUT2D eigenvalue weighted by molar-refractivity contribution is 0.0529. The van der Waals surface area contributed by atoms with Crippen molar-refractivity contribution in [3.05, 3.63) is 46.3 Å². The van der Waals surface area contributed by atoms with Crippen LogP contribution in [0.2, 0.25) is 0 Å². The zero-order chi connectivity index (χ0) is 16.1. The molecule has 2 aromatic rings. The van der Waals surface area contributed by atoms with Crippen LogP contribution in [0.3, 0.4) is 0 Å². The van der Waals surface area contributed by atoms with E-state index in [9.17, 15) is 0 Å². The molecule has 0 bridgehead atoms. The Balaban J connectivity index is 1.49. The van der Waals surface area contributed by atoms with Gasteiger partial charge in [0.2, 0.25) is 0 Å². The molecular weight excluding hydrogens is 306 g/mol. The second-order valence-corrected chi connectivity index (χ2v) is 7.05. The van der Waals surface area contributed by atoms with Crippen LogP contribution in [0.5, 0.6) is 0 Å². The van der Waals surface area contributed by atoms with E-state index < -0.39 is 0 Å². The van der Waals surface area contributed by atoms with Gasteiger partial charge in [-0.25, -0.2) is 4.98 Å². The number of hydrogen-bond acceptors (Lipinski definition) is 5. The van der Waals surface area contributed by atoms with Crippen LogP contribution in [-0.4, -0.2) is 36.8 Å². The van der Waals surface area contributed by atoms with Gasteiger partial charge in [-0.05, 0) is 54.3 Å². The van der Waals surface area contributed by atoms with Gasteiger partial charge in [0.25, 0.3) is 0 Å². The van der Waals surface area contributed by atoms with Crippen molar-refractivity contribution in [3.63, 3.8) is 0 Å². The molecule has 0 aromatic carbocycles. The SMILES string of the molecule is C[C@@H](Cc1ccsc1)NCc1ccc(N2CCO[C@@H](C)C2)nc1. The van der Waals surface area contributed by atoms with Crippen LogP contribution in [0.15, 0.2) is 35.2 Å². The first-order valence-electron chi connectivity index (χ1n) is 8.26. The van der Waals surface area contributed by atoms with Gasteiger partial charge in [-0.1, -0.05) is 6.07 Å². The second kappa shape index (κ2) is 7.90. The summed E-state index contributed by atoms with van der Waals surface area (Å²) < 4.78 is 5.58. The molecule has 0 aliphatic carbocycles. The predicted molar refractivity (Wildman–Crippen MR) is 96.2 cm³/mol. The van der Waals surface area contributed by atoms with Gasteiger partial charge in [0, 0.05) is 31.9 Å². The molecule has 1 saturated heterocycles. The normalized spacial score (nSPS) is 19.7. The maximum Gasteiger partial charge on any atom is 0.128 e. The van der Waals surface area contributed by atoms with Gasteiger partial charge in [0.15, 0.2) is 0 Å². The summed E-state index contributed by atoms with van der Waals surface area (Å²) in [6.45, 7) is 7.83. The molecule has 3 heterocycles. The van der Waals surface area contributed by atoms with Crippen molar-refractivity contribution in [1.29, 1.82) is 0 Å². The lowest BCUT2D eigenvalue weighted by Gasteiger charge is -2.32. The van der Waals surface area contributed by atoms with Crippen molar-refractivity contribution in [1.82, 2.24) is 10.3 Å². The van der Waals surface area contributed by atoms with E-state index in [2.05, 4.69) is 58.0 Å². The van der Waals surface area contributed by atoms with E-state index in [0.717, 1.165) is 38.5 Å². The number of morpholine rings is 1. The minimum atomic E-state index is 0.282. The number of rotatable bonds is 6. The van der Waals surface area contributed by atoms with E-state index in [-0.39, 0.29) is 6.10 Å². The summed E-state index contributed by atoms with van der Waals surface area (Å²) in [7, 11) is 0. The van der Waals surface area contributed by atoms with Gasteiger partial charge in [-0.2, -0.15) is 11.3 Å². The Morgan fingerprint density at radius 3 is 3.00 bits per heavy atom. The summed E-state index contributed by atoms with van der Waals surface area (Å²) in [4.78, 5) is 6.92. The summed E-state index contributed by atoms with van der Waals surface area (Å²) in [5, 5.41) is 7.93. The van der Waals surface area contributed by atoms with Crippen LogP contribution in [0.4, 0.5) is 5.82 Å². The monoisotopic (exact) mass is 331 g/mol. The lowest BCUT2D eigenvalue weighted by atomic mass is 10.1. The molecule has 0 spiro atoms. The molecule has 2 aromatic heterocycles. The molecular formula is C18H25N3OS. The Labute approximate surface area is 142 Å². The first-order valence-corrected chi connectivity index (χ1v) is 9.21. The number of thiophene rings is 1. The van der Waals surface area contributed by atoms with Crippen molar-refractivity contribution in [2.24, 2.45) is 0 Å². The fraction of sp³-hybridized carbons (Fsp3) is 0.500. The van der Waals surface area contributed by atoms with Gasteiger partial charge >= 0.3 is 0 Å². The quantitative estimate of drug-likeness (QED) is 0.883. The minimum Gasteiger partial charge on any atom is -0.375 e. The van der Waals surface area contributed by atoms with E-state index in [4.69, 9.17) is 4.74 Å². The average Bonchev–Trinajstić information content (AvgIpc) is 3.06. The summed E-state index contributed by atoms with van der Waals surface area (Å²) in [6.07, 6.45) is 3.34. The van der Waals surface area contributed by atoms with Crippen molar-refractivity contribution < 1.29 is 4.74 Å². The van der Waals surface area contributed by atoms with Gasteiger partial charge in [0.1, 0.15) is 5.82 Å². The lowest BCUT2D eigenvalue weighted by Crippen LogP contribution is -2.41. The molecule has 23 heavy (non-hydrogen) atoms. The highest BCUT2D eigenvalue weighted by molar-refractivity contribution is 7.07. The van der Waals surface area contributed by atoms with Crippen molar-refractivity contribution in [3.8, 4) is 0 Å². The van der Waals surface area contributed by atoms with Crippen LogP contribution in [0, 0.1) is 0 Å². The van der Waals surface area contributed by atoms with Crippen molar-refractivity contribution in [2.45, 2.75) is 39.0 Å². The molecule has 4 nitrogen and oxygen atoms in total. The van der Waals surface area contributed by atoms with Crippen LogP contribution >= 0.6 is 11.3 Å².